The van der Waals surface area contributed by atoms with Crippen molar-refractivity contribution in [2.45, 2.75) is 71.6 Å². The first-order valence-electron chi connectivity index (χ1n) is 18.1. The van der Waals surface area contributed by atoms with E-state index in [1.165, 1.54) is 9.80 Å². The van der Waals surface area contributed by atoms with E-state index in [9.17, 15) is 22.8 Å². The molecule has 0 unspecified atom stereocenters. The number of nitrogens with one attached hydrogen (secondary N) is 1. The summed E-state index contributed by atoms with van der Waals surface area (Å²) < 4.78 is 42.8. The third-order valence-electron chi connectivity index (χ3n) is 8.98. The van der Waals surface area contributed by atoms with Gasteiger partial charge in [0.05, 0.1) is 35.1 Å². The first-order valence-corrected chi connectivity index (χ1v) is 20.0. The Kier molecular flexibility index (Phi) is 11.9. The highest BCUT2D eigenvalue weighted by molar-refractivity contribution is 7.92. The van der Waals surface area contributed by atoms with Gasteiger partial charge in [-0.25, -0.2) is 32.8 Å². The Labute approximate surface area is 320 Å². The van der Waals surface area contributed by atoms with Crippen LogP contribution in [0.4, 0.5) is 20.2 Å². The van der Waals surface area contributed by atoms with E-state index in [2.05, 4.69) is 5.32 Å². The summed E-state index contributed by atoms with van der Waals surface area (Å²) in [5.74, 6) is 0.515. The summed E-state index contributed by atoms with van der Waals surface area (Å²) in [6.07, 6.45) is -0.729. The van der Waals surface area contributed by atoms with E-state index in [1.54, 1.807) is 27.8 Å². The lowest BCUT2D eigenvalue weighted by Crippen LogP contribution is -2.56. The Hall–Kier alpha value is -5.70. The van der Waals surface area contributed by atoms with Crippen LogP contribution in [0.15, 0.2) is 84.9 Å². The van der Waals surface area contributed by atoms with Gasteiger partial charge in [0.25, 0.3) is 0 Å². The molecule has 0 spiro atoms. The quantitative estimate of drug-likeness (QED) is 0.0983. The van der Waals surface area contributed by atoms with Crippen molar-refractivity contribution in [2.75, 3.05) is 30.4 Å². The molecule has 5 aromatic rings. The van der Waals surface area contributed by atoms with Crippen molar-refractivity contribution in [1.82, 2.24) is 24.3 Å². The van der Waals surface area contributed by atoms with Crippen LogP contribution in [0.3, 0.4) is 0 Å². The number of para-hydroxylation sites is 1. The number of amides is 3. The fraction of sp³-hybridized carbons (Fsp3) is 0.375. The minimum atomic E-state index is -3.19. The van der Waals surface area contributed by atoms with Gasteiger partial charge in [0.15, 0.2) is 15.7 Å². The average Bonchev–Trinajstić information content (AvgIpc) is 3.50. The van der Waals surface area contributed by atoms with Gasteiger partial charge < -0.3 is 28.6 Å². The van der Waals surface area contributed by atoms with Gasteiger partial charge in [-0.3, -0.25) is 5.32 Å². The van der Waals surface area contributed by atoms with Gasteiger partial charge in [-0.1, -0.05) is 78.9 Å². The van der Waals surface area contributed by atoms with Crippen molar-refractivity contribution in [3.05, 3.63) is 102 Å². The molecule has 0 atom stereocenters. The van der Waals surface area contributed by atoms with Crippen molar-refractivity contribution in [3.63, 3.8) is 0 Å². The summed E-state index contributed by atoms with van der Waals surface area (Å²) in [5, 5.41) is 3.57. The molecule has 55 heavy (non-hydrogen) atoms. The van der Waals surface area contributed by atoms with Crippen LogP contribution >= 0.6 is 0 Å². The van der Waals surface area contributed by atoms with Crippen LogP contribution < -0.4 is 5.32 Å². The second kappa shape index (κ2) is 16.8. The molecule has 3 heterocycles. The van der Waals surface area contributed by atoms with Crippen molar-refractivity contribution < 1.29 is 37.0 Å². The second-order valence-electron chi connectivity index (χ2n) is 14.5. The molecule has 0 aliphatic carbocycles. The number of sulfone groups is 1. The van der Waals surface area contributed by atoms with Crippen LogP contribution in [0.25, 0.3) is 21.9 Å². The lowest BCUT2D eigenvalue weighted by atomic mass is 10.1. The third-order valence-corrected chi connectivity index (χ3v) is 10.8. The summed E-state index contributed by atoms with van der Waals surface area (Å²) in [7, 11) is -1.56. The summed E-state index contributed by atoms with van der Waals surface area (Å²) in [6, 6.07) is 25.7. The van der Waals surface area contributed by atoms with E-state index < -0.39 is 39.8 Å². The number of pyridine rings is 1. The molecule has 1 aliphatic rings. The van der Waals surface area contributed by atoms with Gasteiger partial charge in [0.2, 0.25) is 0 Å². The molecule has 3 amide bonds. The van der Waals surface area contributed by atoms with Crippen LogP contribution in [-0.2, 0) is 50.4 Å². The second-order valence-corrected chi connectivity index (χ2v) is 16.7. The zero-order chi connectivity index (χ0) is 39.2. The van der Waals surface area contributed by atoms with Gasteiger partial charge in [-0.15, -0.1) is 0 Å². The summed E-state index contributed by atoms with van der Waals surface area (Å²) in [6.45, 7) is 6.24. The highest BCUT2D eigenvalue weighted by atomic mass is 32.2. The number of anilines is 1. The summed E-state index contributed by atoms with van der Waals surface area (Å²) in [5.41, 5.74) is 2.65. The minimum absolute atomic E-state index is 0.0616. The van der Waals surface area contributed by atoms with Crippen molar-refractivity contribution in [1.29, 1.82) is 0 Å². The molecule has 0 bridgehead atoms. The van der Waals surface area contributed by atoms with Gasteiger partial charge in [-0.05, 0) is 50.8 Å². The average molecular weight is 771 g/mol. The molecule has 0 saturated carbocycles. The molecule has 14 nitrogen and oxygen atoms in total. The Morgan fingerprint density at radius 1 is 0.836 bits per heavy atom. The van der Waals surface area contributed by atoms with Crippen LogP contribution in [0.1, 0.15) is 50.6 Å². The zero-order valence-corrected chi connectivity index (χ0v) is 32.3. The molecule has 1 N–H and O–H groups in total. The topological polar surface area (TPSA) is 162 Å². The van der Waals surface area contributed by atoms with Gasteiger partial charge >= 0.3 is 18.3 Å². The summed E-state index contributed by atoms with van der Waals surface area (Å²) in [4.78, 5) is 52.1. The fourth-order valence-corrected chi connectivity index (χ4v) is 7.74. The largest absolute Gasteiger partial charge is 0.445 e. The maximum absolute atomic E-state index is 13.2. The molecule has 1 saturated heterocycles. The zero-order valence-electron chi connectivity index (χ0n) is 31.4. The number of hydrogen-bond donors (Lipinski definition) is 1. The standard InChI is InChI=1S/C40H46N6O8S/c1-40(2,3)54-39(49)45(30-26-55(50,51)27-30)21-13-14-22-46-33(23-44(4)38(48)53-25-29-17-9-6-10-18-29)42-34-35(46)31-19-11-12-20-32(31)41-36(34)43-37(47)52-24-28-15-7-5-8-16-28/h5-12,15-20,30H,13-14,21-27H2,1-4H3,(H,41,43,47). The monoisotopic (exact) mass is 770 g/mol. The van der Waals surface area contributed by atoms with Gasteiger partial charge in [-0.2, -0.15) is 0 Å². The number of rotatable bonds is 13. The van der Waals surface area contributed by atoms with E-state index in [-0.39, 0.29) is 43.6 Å². The van der Waals surface area contributed by atoms with E-state index >= 15 is 0 Å². The van der Waals surface area contributed by atoms with Crippen molar-refractivity contribution >= 4 is 55.9 Å². The Morgan fingerprint density at radius 3 is 2.09 bits per heavy atom. The van der Waals surface area contributed by atoms with Gasteiger partial charge in [0.1, 0.15) is 30.2 Å². The number of benzene rings is 3. The molecule has 3 aromatic carbocycles. The molecule has 2 aromatic heterocycles. The number of unbranched alkanes of at least 4 members (excludes halogenated alkanes) is 1. The highest BCUT2D eigenvalue weighted by Gasteiger charge is 2.41. The first kappa shape index (κ1) is 39.0. The molecule has 0 radical (unpaired) electrons. The van der Waals surface area contributed by atoms with E-state index in [1.807, 2.05) is 89.5 Å². The fourth-order valence-electron chi connectivity index (χ4n) is 6.31. The van der Waals surface area contributed by atoms with Crippen LogP contribution in [0.2, 0.25) is 0 Å². The molecule has 290 valence electrons. The van der Waals surface area contributed by atoms with E-state index in [0.29, 0.717) is 41.8 Å². The number of ether oxygens (including phenoxy) is 3. The lowest BCUT2D eigenvalue weighted by Gasteiger charge is -2.37. The number of carbonyl (C=O) groups excluding carboxylic acids is 3. The Morgan fingerprint density at radius 2 is 1.45 bits per heavy atom. The van der Waals surface area contributed by atoms with Crippen molar-refractivity contribution in [3.8, 4) is 0 Å². The third kappa shape index (κ3) is 10.1. The number of imidazole rings is 1. The van der Waals surface area contributed by atoms with Crippen LogP contribution in [0, 0.1) is 0 Å². The molecule has 1 aliphatic heterocycles. The molecule has 1 fully saturated rings. The summed E-state index contributed by atoms with van der Waals surface area (Å²) >= 11 is 0. The minimum Gasteiger partial charge on any atom is -0.445 e. The van der Waals surface area contributed by atoms with E-state index in [4.69, 9.17) is 24.2 Å². The van der Waals surface area contributed by atoms with Gasteiger partial charge in [0, 0.05) is 25.5 Å². The van der Waals surface area contributed by atoms with Crippen LogP contribution in [0.5, 0.6) is 0 Å². The molecule has 15 heteroatoms. The predicted octanol–water partition coefficient (Wildman–Crippen LogP) is 6.92. The number of carbonyl (C=O) groups is 3. The molecular weight excluding hydrogens is 725 g/mol. The van der Waals surface area contributed by atoms with Crippen molar-refractivity contribution in [2.24, 2.45) is 0 Å². The number of hydrogen-bond acceptors (Lipinski definition) is 10. The predicted molar refractivity (Wildman–Crippen MR) is 208 cm³/mol. The smallest absolute Gasteiger partial charge is 0.413 e. The number of aromatic nitrogens is 3. The molecular formula is C40H46N6O8S. The lowest BCUT2D eigenvalue weighted by molar-refractivity contribution is 0.0181. The van der Waals surface area contributed by atoms with Crippen LogP contribution in [-0.4, -0.2) is 87.8 Å². The SMILES string of the molecule is CN(Cc1nc2c(NC(=O)OCc3ccccc3)nc3ccccc3c2n1CCCCN(C(=O)OC(C)(C)C)C1CS(=O)(=O)C1)C(=O)OCc1ccccc1. The maximum Gasteiger partial charge on any atom is 0.413 e. The number of aryl methyl sites for hydroxylation is 1. The number of fused-ring (bicyclic) bond motifs is 3. The Balaban J connectivity index is 1.28. The van der Waals surface area contributed by atoms with E-state index in [0.717, 1.165) is 16.5 Å². The molecule has 6 rings (SSSR count). The maximum atomic E-state index is 13.2. The normalized spacial score (nSPS) is 13.9. The Bertz CT molecular complexity index is 2250. The first-order chi connectivity index (χ1) is 26.3. The number of nitrogens with zero attached hydrogens (tertiary/aromatic N) is 5. The highest BCUT2D eigenvalue weighted by Crippen LogP contribution is 2.31.